The Morgan fingerprint density at radius 1 is 1.28 bits per heavy atom. The zero-order valence-corrected chi connectivity index (χ0v) is 11.2. The zero-order valence-electron chi connectivity index (χ0n) is 11.2. The summed E-state index contributed by atoms with van der Waals surface area (Å²) in [7, 11) is 0. The lowest BCUT2D eigenvalue weighted by atomic mass is 9.97. The van der Waals surface area contributed by atoms with Gasteiger partial charge in [0.25, 0.3) is 0 Å². The number of piperidine rings is 1. The SMILES string of the molecule is C/C(=C/c1ccccc1)CN1CCC(CO)CC1. The molecule has 0 aromatic heterocycles. The summed E-state index contributed by atoms with van der Waals surface area (Å²) in [4.78, 5) is 2.49. The maximum atomic E-state index is 9.12. The van der Waals surface area contributed by atoms with Gasteiger partial charge in [0.1, 0.15) is 0 Å². The predicted octanol–water partition coefficient (Wildman–Crippen LogP) is 2.79. The van der Waals surface area contributed by atoms with E-state index in [-0.39, 0.29) is 0 Å². The van der Waals surface area contributed by atoms with Crippen molar-refractivity contribution in [3.05, 3.63) is 41.5 Å². The normalized spacial score (nSPS) is 19.1. The quantitative estimate of drug-likeness (QED) is 0.881. The molecule has 1 aliphatic heterocycles. The first-order valence-electron chi connectivity index (χ1n) is 6.83. The molecule has 0 radical (unpaired) electrons. The van der Waals surface area contributed by atoms with Crippen molar-refractivity contribution in [3.8, 4) is 0 Å². The van der Waals surface area contributed by atoms with Crippen LogP contribution >= 0.6 is 0 Å². The Kier molecular flexibility index (Phi) is 4.97. The van der Waals surface area contributed by atoms with Gasteiger partial charge in [-0.2, -0.15) is 0 Å². The minimum Gasteiger partial charge on any atom is -0.396 e. The second-order valence-corrected chi connectivity index (χ2v) is 5.30. The van der Waals surface area contributed by atoms with Gasteiger partial charge in [-0.05, 0) is 44.3 Å². The summed E-state index contributed by atoms with van der Waals surface area (Å²) in [6, 6.07) is 10.5. The number of hydrogen-bond acceptors (Lipinski definition) is 2. The molecule has 0 amide bonds. The summed E-state index contributed by atoms with van der Waals surface area (Å²) < 4.78 is 0. The Bertz CT molecular complexity index is 377. The van der Waals surface area contributed by atoms with Crippen LogP contribution < -0.4 is 0 Å². The minimum absolute atomic E-state index is 0.354. The summed E-state index contributed by atoms with van der Waals surface area (Å²) in [5.74, 6) is 0.527. The van der Waals surface area contributed by atoms with Crippen molar-refractivity contribution in [2.75, 3.05) is 26.2 Å². The molecule has 0 saturated carbocycles. The first-order chi connectivity index (χ1) is 8.78. The molecule has 2 nitrogen and oxygen atoms in total. The molecule has 1 saturated heterocycles. The molecular weight excluding hydrogens is 222 g/mol. The molecule has 2 heteroatoms. The molecule has 1 aromatic carbocycles. The summed E-state index contributed by atoms with van der Waals surface area (Å²) in [6.45, 7) is 5.83. The first kappa shape index (κ1) is 13.3. The molecule has 1 aliphatic rings. The molecule has 1 heterocycles. The van der Waals surface area contributed by atoms with Gasteiger partial charge < -0.3 is 5.11 Å². The van der Waals surface area contributed by atoms with E-state index in [9.17, 15) is 0 Å². The Balaban J connectivity index is 1.85. The van der Waals surface area contributed by atoms with Crippen LogP contribution in [0.3, 0.4) is 0 Å². The highest BCUT2D eigenvalue weighted by molar-refractivity contribution is 5.52. The van der Waals surface area contributed by atoms with Crippen molar-refractivity contribution in [3.63, 3.8) is 0 Å². The first-order valence-corrected chi connectivity index (χ1v) is 6.83. The molecule has 0 atom stereocenters. The fraction of sp³-hybridized carbons (Fsp3) is 0.500. The fourth-order valence-electron chi connectivity index (χ4n) is 2.56. The fourth-order valence-corrected chi connectivity index (χ4v) is 2.56. The van der Waals surface area contributed by atoms with Gasteiger partial charge in [-0.3, -0.25) is 4.90 Å². The maximum Gasteiger partial charge on any atom is 0.0460 e. The Morgan fingerprint density at radius 3 is 2.56 bits per heavy atom. The highest BCUT2D eigenvalue weighted by atomic mass is 16.3. The third-order valence-corrected chi connectivity index (χ3v) is 3.65. The van der Waals surface area contributed by atoms with E-state index < -0.39 is 0 Å². The third-order valence-electron chi connectivity index (χ3n) is 3.65. The van der Waals surface area contributed by atoms with Gasteiger partial charge in [-0.1, -0.05) is 42.0 Å². The third kappa shape index (κ3) is 3.97. The lowest BCUT2D eigenvalue weighted by molar-refractivity contribution is 0.138. The van der Waals surface area contributed by atoms with Crippen LogP contribution in [-0.2, 0) is 0 Å². The van der Waals surface area contributed by atoms with Gasteiger partial charge in [0.05, 0.1) is 0 Å². The van der Waals surface area contributed by atoms with Crippen LogP contribution in [0.4, 0.5) is 0 Å². The average molecular weight is 245 g/mol. The number of likely N-dealkylation sites (tertiary alicyclic amines) is 1. The van der Waals surface area contributed by atoms with E-state index in [0.717, 1.165) is 32.5 Å². The number of aliphatic hydroxyl groups excluding tert-OH is 1. The van der Waals surface area contributed by atoms with Crippen LogP contribution in [0.2, 0.25) is 0 Å². The molecule has 1 aromatic rings. The monoisotopic (exact) mass is 245 g/mol. The number of benzene rings is 1. The number of nitrogens with zero attached hydrogens (tertiary/aromatic N) is 1. The lowest BCUT2D eigenvalue weighted by Crippen LogP contribution is -2.35. The molecule has 0 bridgehead atoms. The Hall–Kier alpha value is -1.12. The summed E-state index contributed by atoms with van der Waals surface area (Å²) in [6.07, 6.45) is 4.53. The molecule has 1 fully saturated rings. The zero-order chi connectivity index (χ0) is 12.8. The van der Waals surface area contributed by atoms with Crippen LogP contribution in [0.15, 0.2) is 35.9 Å². The number of hydrogen-bond donors (Lipinski definition) is 1. The average Bonchev–Trinajstić information content (AvgIpc) is 2.40. The molecule has 2 rings (SSSR count). The number of rotatable bonds is 4. The van der Waals surface area contributed by atoms with Crippen molar-refractivity contribution in [2.24, 2.45) is 5.92 Å². The Morgan fingerprint density at radius 2 is 1.94 bits per heavy atom. The van der Waals surface area contributed by atoms with Crippen LogP contribution in [0.1, 0.15) is 25.3 Å². The molecule has 18 heavy (non-hydrogen) atoms. The lowest BCUT2D eigenvalue weighted by Gasteiger charge is -2.31. The molecule has 0 aliphatic carbocycles. The van der Waals surface area contributed by atoms with E-state index >= 15 is 0 Å². The molecule has 0 unspecified atom stereocenters. The van der Waals surface area contributed by atoms with E-state index in [0.29, 0.717) is 12.5 Å². The van der Waals surface area contributed by atoms with Crippen molar-refractivity contribution in [2.45, 2.75) is 19.8 Å². The van der Waals surface area contributed by atoms with Crippen molar-refractivity contribution in [1.82, 2.24) is 4.90 Å². The van der Waals surface area contributed by atoms with Gasteiger partial charge in [-0.25, -0.2) is 0 Å². The second kappa shape index (κ2) is 6.72. The standard InChI is InChI=1S/C16H23NO/c1-14(11-15-5-3-2-4-6-15)12-17-9-7-16(13-18)8-10-17/h2-6,11,16,18H,7-10,12-13H2,1H3/b14-11-. The van der Waals surface area contributed by atoms with E-state index in [1.807, 2.05) is 6.07 Å². The van der Waals surface area contributed by atoms with E-state index in [1.165, 1.54) is 11.1 Å². The van der Waals surface area contributed by atoms with Gasteiger partial charge in [0.2, 0.25) is 0 Å². The van der Waals surface area contributed by atoms with Gasteiger partial charge in [-0.15, -0.1) is 0 Å². The van der Waals surface area contributed by atoms with E-state index in [1.54, 1.807) is 0 Å². The van der Waals surface area contributed by atoms with Crippen LogP contribution in [0.25, 0.3) is 6.08 Å². The Labute approximate surface area is 110 Å². The van der Waals surface area contributed by atoms with Crippen molar-refractivity contribution < 1.29 is 5.11 Å². The maximum absolute atomic E-state index is 9.12. The van der Waals surface area contributed by atoms with Gasteiger partial charge >= 0.3 is 0 Å². The van der Waals surface area contributed by atoms with Gasteiger partial charge in [0.15, 0.2) is 0 Å². The molecule has 1 N–H and O–H groups in total. The topological polar surface area (TPSA) is 23.5 Å². The van der Waals surface area contributed by atoms with Crippen LogP contribution in [0, 0.1) is 5.92 Å². The van der Waals surface area contributed by atoms with Crippen LogP contribution in [-0.4, -0.2) is 36.2 Å². The second-order valence-electron chi connectivity index (χ2n) is 5.30. The van der Waals surface area contributed by atoms with Crippen molar-refractivity contribution in [1.29, 1.82) is 0 Å². The molecule has 0 spiro atoms. The summed E-state index contributed by atoms with van der Waals surface area (Å²) in [5, 5.41) is 9.12. The molecule has 98 valence electrons. The summed E-state index contributed by atoms with van der Waals surface area (Å²) in [5.41, 5.74) is 2.68. The highest BCUT2D eigenvalue weighted by Gasteiger charge is 2.18. The summed E-state index contributed by atoms with van der Waals surface area (Å²) >= 11 is 0. The number of aliphatic hydroxyl groups is 1. The van der Waals surface area contributed by atoms with Crippen molar-refractivity contribution >= 4 is 6.08 Å². The molecular formula is C16H23NO. The van der Waals surface area contributed by atoms with E-state index in [2.05, 4.69) is 42.2 Å². The van der Waals surface area contributed by atoms with E-state index in [4.69, 9.17) is 5.11 Å². The van der Waals surface area contributed by atoms with Gasteiger partial charge in [0, 0.05) is 13.2 Å². The minimum atomic E-state index is 0.354. The van der Waals surface area contributed by atoms with Crippen LogP contribution in [0.5, 0.6) is 0 Å². The highest BCUT2D eigenvalue weighted by Crippen LogP contribution is 2.17. The predicted molar refractivity (Wildman–Crippen MR) is 76.3 cm³/mol. The largest absolute Gasteiger partial charge is 0.396 e. The smallest absolute Gasteiger partial charge is 0.0460 e.